The molecule has 1 rings (SSSR count). The molecule has 0 spiro atoms. The minimum atomic E-state index is 0.351. The molecule has 0 radical (unpaired) electrons. The van der Waals surface area contributed by atoms with Crippen molar-refractivity contribution in [2.75, 3.05) is 7.11 Å². The molecule has 0 heterocycles. The van der Waals surface area contributed by atoms with Crippen LogP contribution in [-0.2, 0) is 4.74 Å². The lowest BCUT2D eigenvalue weighted by molar-refractivity contribution is 0.131. The van der Waals surface area contributed by atoms with E-state index in [2.05, 4.69) is 25.2 Å². The number of allylic oxidation sites excluding steroid dienone is 3. The SMILES string of the molecule is C/C=C1/C=CC(OC)CC1. The first kappa shape index (κ1) is 7.55. The average molecular weight is 138 g/mol. The van der Waals surface area contributed by atoms with Crippen LogP contribution in [0.4, 0.5) is 0 Å². The summed E-state index contributed by atoms with van der Waals surface area (Å²) in [5.41, 5.74) is 1.42. The van der Waals surface area contributed by atoms with Gasteiger partial charge in [0.05, 0.1) is 6.10 Å². The maximum absolute atomic E-state index is 5.17. The molecule has 1 heteroatoms. The van der Waals surface area contributed by atoms with E-state index in [9.17, 15) is 0 Å². The molecule has 0 saturated carbocycles. The monoisotopic (exact) mass is 138 g/mol. The molecule has 1 aliphatic carbocycles. The zero-order valence-corrected chi connectivity index (χ0v) is 6.63. The second kappa shape index (κ2) is 3.57. The minimum absolute atomic E-state index is 0.351. The highest BCUT2D eigenvalue weighted by molar-refractivity contribution is 5.22. The van der Waals surface area contributed by atoms with E-state index in [4.69, 9.17) is 4.74 Å². The number of ether oxygens (including phenoxy) is 1. The van der Waals surface area contributed by atoms with Gasteiger partial charge in [-0.3, -0.25) is 0 Å². The molecule has 0 aromatic rings. The molecule has 1 atom stereocenters. The average Bonchev–Trinajstić information content (AvgIpc) is 2.05. The summed E-state index contributed by atoms with van der Waals surface area (Å²) in [6, 6.07) is 0. The lowest BCUT2D eigenvalue weighted by Crippen LogP contribution is -2.10. The van der Waals surface area contributed by atoms with E-state index in [0.29, 0.717) is 6.10 Å². The summed E-state index contributed by atoms with van der Waals surface area (Å²) in [5, 5.41) is 0. The Balaban J connectivity index is 2.52. The van der Waals surface area contributed by atoms with Crippen LogP contribution in [0, 0.1) is 0 Å². The first-order chi connectivity index (χ1) is 4.86. The van der Waals surface area contributed by atoms with Crippen LogP contribution >= 0.6 is 0 Å². The van der Waals surface area contributed by atoms with Gasteiger partial charge in [0.1, 0.15) is 0 Å². The normalized spacial score (nSPS) is 29.4. The largest absolute Gasteiger partial charge is 0.377 e. The fraction of sp³-hybridized carbons (Fsp3) is 0.556. The summed E-state index contributed by atoms with van der Waals surface area (Å²) < 4.78 is 5.17. The molecule has 0 aliphatic heterocycles. The van der Waals surface area contributed by atoms with Gasteiger partial charge >= 0.3 is 0 Å². The lowest BCUT2D eigenvalue weighted by Gasteiger charge is -2.15. The Kier molecular flexibility index (Phi) is 2.69. The van der Waals surface area contributed by atoms with E-state index >= 15 is 0 Å². The molecule has 0 aromatic heterocycles. The maximum Gasteiger partial charge on any atom is 0.0758 e. The molecule has 0 saturated heterocycles. The Labute approximate surface area is 62.4 Å². The summed E-state index contributed by atoms with van der Waals surface area (Å²) in [7, 11) is 1.76. The van der Waals surface area contributed by atoms with E-state index in [0.717, 1.165) is 12.8 Å². The second-order valence-corrected chi connectivity index (χ2v) is 2.54. The molecular weight excluding hydrogens is 124 g/mol. The van der Waals surface area contributed by atoms with Gasteiger partial charge in [-0.2, -0.15) is 0 Å². The Morgan fingerprint density at radius 1 is 1.70 bits per heavy atom. The predicted octanol–water partition coefficient (Wildman–Crippen LogP) is 2.30. The molecular formula is C9H14O. The highest BCUT2D eigenvalue weighted by Crippen LogP contribution is 2.17. The van der Waals surface area contributed by atoms with E-state index in [-0.39, 0.29) is 0 Å². The van der Waals surface area contributed by atoms with Crippen molar-refractivity contribution in [3.8, 4) is 0 Å². The van der Waals surface area contributed by atoms with Crippen molar-refractivity contribution in [2.45, 2.75) is 25.9 Å². The summed E-state index contributed by atoms with van der Waals surface area (Å²) in [4.78, 5) is 0. The van der Waals surface area contributed by atoms with E-state index in [1.165, 1.54) is 5.57 Å². The van der Waals surface area contributed by atoms with Gasteiger partial charge in [-0.1, -0.05) is 23.8 Å². The third-order valence-electron chi connectivity index (χ3n) is 1.92. The minimum Gasteiger partial charge on any atom is -0.377 e. The Morgan fingerprint density at radius 3 is 2.90 bits per heavy atom. The van der Waals surface area contributed by atoms with Crippen molar-refractivity contribution in [2.24, 2.45) is 0 Å². The van der Waals surface area contributed by atoms with Crippen molar-refractivity contribution in [1.82, 2.24) is 0 Å². The molecule has 1 unspecified atom stereocenters. The zero-order valence-electron chi connectivity index (χ0n) is 6.63. The predicted molar refractivity (Wildman–Crippen MR) is 42.9 cm³/mol. The van der Waals surface area contributed by atoms with E-state index in [1.54, 1.807) is 7.11 Å². The van der Waals surface area contributed by atoms with Crippen molar-refractivity contribution >= 4 is 0 Å². The Hall–Kier alpha value is -0.560. The Bertz CT molecular complexity index is 156. The van der Waals surface area contributed by atoms with Gasteiger partial charge in [-0.05, 0) is 19.8 Å². The van der Waals surface area contributed by atoms with Crippen molar-refractivity contribution in [3.63, 3.8) is 0 Å². The number of methoxy groups -OCH3 is 1. The molecule has 0 aromatic carbocycles. The molecule has 0 N–H and O–H groups in total. The summed E-state index contributed by atoms with van der Waals surface area (Å²) in [6.07, 6.45) is 9.07. The molecule has 0 bridgehead atoms. The standard InChI is InChI=1S/C9H14O/c1-3-8-4-6-9(10-2)7-5-8/h3-4,6,9H,5,7H2,1-2H3/b8-3-. The van der Waals surface area contributed by atoms with Crippen LogP contribution in [0.15, 0.2) is 23.8 Å². The number of rotatable bonds is 1. The van der Waals surface area contributed by atoms with Gasteiger partial charge < -0.3 is 4.74 Å². The van der Waals surface area contributed by atoms with E-state index < -0.39 is 0 Å². The van der Waals surface area contributed by atoms with Crippen LogP contribution in [-0.4, -0.2) is 13.2 Å². The second-order valence-electron chi connectivity index (χ2n) is 2.54. The number of hydrogen-bond acceptors (Lipinski definition) is 1. The van der Waals surface area contributed by atoms with Crippen LogP contribution in [0.5, 0.6) is 0 Å². The molecule has 0 amide bonds. The summed E-state index contributed by atoms with van der Waals surface area (Å²) in [5.74, 6) is 0. The summed E-state index contributed by atoms with van der Waals surface area (Å²) in [6.45, 7) is 2.08. The number of hydrogen-bond donors (Lipinski definition) is 0. The van der Waals surface area contributed by atoms with Gasteiger partial charge in [0.15, 0.2) is 0 Å². The Morgan fingerprint density at radius 2 is 2.50 bits per heavy atom. The van der Waals surface area contributed by atoms with E-state index in [1.807, 2.05) is 0 Å². The molecule has 56 valence electrons. The van der Waals surface area contributed by atoms with Crippen molar-refractivity contribution < 1.29 is 4.74 Å². The van der Waals surface area contributed by atoms with Crippen LogP contribution < -0.4 is 0 Å². The van der Waals surface area contributed by atoms with Gasteiger partial charge in [0.25, 0.3) is 0 Å². The van der Waals surface area contributed by atoms with Crippen molar-refractivity contribution in [3.05, 3.63) is 23.8 Å². The molecule has 1 aliphatic rings. The quantitative estimate of drug-likeness (QED) is 0.540. The van der Waals surface area contributed by atoms with Gasteiger partial charge in [-0.15, -0.1) is 0 Å². The van der Waals surface area contributed by atoms with Crippen LogP contribution in [0.3, 0.4) is 0 Å². The molecule has 0 fully saturated rings. The first-order valence-corrected chi connectivity index (χ1v) is 3.73. The van der Waals surface area contributed by atoms with Crippen LogP contribution in [0.2, 0.25) is 0 Å². The maximum atomic E-state index is 5.17. The summed E-state index contributed by atoms with van der Waals surface area (Å²) >= 11 is 0. The first-order valence-electron chi connectivity index (χ1n) is 3.73. The molecule has 10 heavy (non-hydrogen) atoms. The van der Waals surface area contributed by atoms with Gasteiger partial charge in [-0.25, -0.2) is 0 Å². The highest BCUT2D eigenvalue weighted by atomic mass is 16.5. The topological polar surface area (TPSA) is 9.23 Å². The van der Waals surface area contributed by atoms with Gasteiger partial charge in [0.2, 0.25) is 0 Å². The fourth-order valence-electron chi connectivity index (χ4n) is 1.16. The zero-order chi connectivity index (χ0) is 7.40. The lowest BCUT2D eigenvalue weighted by atomic mass is 10.00. The fourth-order valence-corrected chi connectivity index (χ4v) is 1.16. The highest BCUT2D eigenvalue weighted by Gasteiger charge is 2.07. The smallest absolute Gasteiger partial charge is 0.0758 e. The van der Waals surface area contributed by atoms with Crippen molar-refractivity contribution in [1.29, 1.82) is 0 Å². The van der Waals surface area contributed by atoms with Crippen LogP contribution in [0.25, 0.3) is 0 Å². The third kappa shape index (κ3) is 1.71. The van der Waals surface area contributed by atoms with Gasteiger partial charge in [0, 0.05) is 7.11 Å². The third-order valence-corrected chi connectivity index (χ3v) is 1.92. The molecule has 1 nitrogen and oxygen atoms in total. The van der Waals surface area contributed by atoms with Crippen LogP contribution in [0.1, 0.15) is 19.8 Å².